The van der Waals surface area contributed by atoms with Gasteiger partial charge >= 0.3 is 0 Å². The minimum absolute atomic E-state index is 0.230. The molecule has 1 aliphatic heterocycles. The Morgan fingerprint density at radius 1 is 1.10 bits per heavy atom. The average Bonchev–Trinajstić information content (AvgIpc) is 1.88. The van der Waals surface area contributed by atoms with Gasteiger partial charge in [0.15, 0.2) is 0 Å². The lowest BCUT2D eigenvalue weighted by Gasteiger charge is -2.32. The first kappa shape index (κ1) is 7.39. The Labute approximate surface area is 63.0 Å². The predicted molar refractivity (Wildman–Crippen MR) is 44.5 cm³/mol. The molecule has 0 unspecified atom stereocenters. The van der Waals surface area contributed by atoms with Crippen molar-refractivity contribution in [2.24, 2.45) is 0 Å². The van der Waals surface area contributed by atoms with Gasteiger partial charge in [-0.15, -0.1) is 0 Å². The second-order valence-corrected chi connectivity index (χ2v) is 3.58. The van der Waals surface area contributed by atoms with Gasteiger partial charge in [0.2, 0.25) is 0 Å². The Balaban J connectivity index is 2.64. The van der Waals surface area contributed by atoms with Crippen molar-refractivity contribution in [1.82, 2.24) is 4.90 Å². The van der Waals surface area contributed by atoms with Crippen molar-refractivity contribution >= 4 is 0 Å². The molecule has 56 valence electrons. The second kappa shape index (κ2) is 2.49. The number of rotatable bonds is 0. The van der Waals surface area contributed by atoms with Crippen LogP contribution < -0.4 is 0 Å². The van der Waals surface area contributed by atoms with E-state index in [0.29, 0.717) is 0 Å². The largest absolute Gasteiger partial charge is 0.350 e. The van der Waals surface area contributed by atoms with Gasteiger partial charge in [-0.2, -0.15) is 0 Å². The summed E-state index contributed by atoms with van der Waals surface area (Å²) in [5, 5.41) is 0. The second-order valence-electron chi connectivity index (χ2n) is 3.58. The van der Waals surface area contributed by atoms with Crippen LogP contribution in [0.25, 0.3) is 0 Å². The molecule has 0 saturated carbocycles. The first-order valence-corrected chi connectivity index (χ1v) is 3.72. The van der Waals surface area contributed by atoms with E-state index in [2.05, 4.69) is 50.2 Å². The summed E-state index contributed by atoms with van der Waals surface area (Å²) < 4.78 is 0. The Morgan fingerprint density at radius 3 is 1.90 bits per heavy atom. The molecule has 0 aromatic carbocycles. The lowest BCUT2D eigenvalue weighted by molar-refractivity contribution is 0.277. The summed E-state index contributed by atoms with van der Waals surface area (Å²) in [7, 11) is 0. The molecule has 0 atom stereocenters. The van der Waals surface area contributed by atoms with Gasteiger partial charge in [0.1, 0.15) is 0 Å². The number of hydrogen-bond acceptors (Lipinski definition) is 1. The molecule has 0 amide bonds. The van der Waals surface area contributed by atoms with Crippen molar-refractivity contribution in [1.29, 1.82) is 0 Å². The molecule has 0 bridgehead atoms. The summed E-state index contributed by atoms with van der Waals surface area (Å²) in [4.78, 5) is 2.22. The zero-order valence-corrected chi connectivity index (χ0v) is 6.96. The molecule has 0 radical (unpaired) electrons. The molecule has 1 heteroatoms. The molecule has 10 heavy (non-hydrogen) atoms. The van der Waals surface area contributed by atoms with Crippen LogP contribution in [-0.2, 0) is 0 Å². The first-order chi connectivity index (χ1) is 4.61. The minimum atomic E-state index is 0.230. The molecule has 0 aliphatic carbocycles. The highest BCUT2D eigenvalue weighted by atomic mass is 15.1. The molecule has 0 fully saturated rings. The zero-order chi connectivity index (χ0) is 7.61. The van der Waals surface area contributed by atoms with Crippen LogP contribution in [0.15, 0.2) is 24.6 Å². The van der Waals surface area contributed by atoms with E-state index in [9.17, 15) is 0 Å². The van der Waals surface area contributed by atoms with Crippen LogP contribution in [0.1, 0.15) is 27.2 Å². The van der Waals surface area contributed by atoms with Crippen LogP contribution in [0, 0.1) is 0 Å². The summed E-state index contributed by atoms with van der Waals surface area (Å²) in [5.74, 6) is 0. The van der Waals surface area contributed by atoms with Crippen molar-refractivity contribution in [2.75, 3.05) is 0 Å². The van der Waals surface area contributed by atoms with Gasteiger partial charge in [0.05, 0.1) is 0 Å². The van der Waals surface area contributed by atoms with Crippen LogP contribution in [0.3, 0.4) is 0 Å². The van der Waals surface area contributed by atoms with E-state index >= 15 is 0 Å². The van der Waals surface area contributed by atoms with Gasteiger partial charge in [0, 0.05) is 17.9 Å². The van der Waals surface area contributed by atoms with Gasteiger partial charge in [-0.25, -0.2) is 0 Å². The lowest BCUT2D eigenvalue weighted by atomic mass is 10.1. The smallest absolute Gasteiger partial charge is 0.0355 e. The van der Waals surface area contributed by atoms with Crippen LogP contribution in [-0.4, -0.2) is 10.4 Å². The van der Waals surface area contributed by atoms with Crippen LogP contribution in [0.5, 0.6) is 0 Å². The summed E-state index contributed by atoms with van der Waals surface area (Å²) >= 11 is 0. The predicted octanol–water partition coefficient (Wildman–Crippen LogP) is 2.52. The summed E-state index contributed by atoms with van der Waals surface area (Å²) in [6.45, 7) is 6.60. The van der Waals surface area contributed by atoms with Gasteiger partial charge in [-0.05, 0) is 27.2 Å². The van der Waals surface area contributed by atoms with Crippen LogP contribution in [0.4, 0.5) is 0 Å². The molecule has 0 saturated heterocycles. The van der Waals surface area contributed by atoms with Gasteiger partial charge in [0.25, 0.3) is 0 Å². The topological polar surface area (TPSA) is 3.24 Å². The standard InChI is InChI=1S/C9H15N/c1-9(2,3)10-7-5-4-6-8-10/h5-8H,4H2,1-3H3. The Bertz CT molecular complexity index is 148. The number of allylic oxidation sites excluding steroid dienone is 2. The molecular weight excluding hydrogens is 122 g/mol. The molecule has 1 heterocycles. The highest BCUT2D eigenvalue weighted by molar-refractivity contribution is 5.05. The van der Waals surface area contributed by atoms with Crippen LogP contribution >= 0.6 is 0 Å². The SMILES string of the molecule is CC(C)(C)N1C=CCC=C1. The fourth-order valence-corrected chi connectivity index (χ4v) is 0.924. The normalized spacial score (nSPS) is 18.1. The maximum Gasteiger partial charge on any atom is 0.0355 e. The van der Waals surface area contributed by atoms with Crippen molar-refractivity contribution in [3.63, 3.8) is 0 Å². The van der Waals surface area contributed by atoms with E-state index in [-0.39, 0.29) is 5.54 Å². The molecule has 0 aromatic heterocycles. The summed E-state index contributed by atoms with van der Waals surface area (Å²) in [6.07, 6.45) is 9.70. The molecule has 1 rings (SSSR count). The molecule has 1 aliphatic rings. The molecule has 1 nitrogen and oxygen atoms in total. The van der Waals surface area contributed by atoms with E-state index in [1.165, 1.54) is 0 Å². The zero-order valence-electron chi connectivity index (χ0n) is 6.96. The third-order valence-electron chi connectivity index (χ3n) is 1.58. The lowest BCUT2D eigenvalue weighted by Crippen LogP contribution is -2.33. The van der Waals surface area contributed by atoms with Gasteiger partial charge < -0.3 is 4.90 Å². The molecular formula is C9H15N. The fourth-order valence-electron chi connectivity index (χ4n) is 0.924. The van der Waals surface area contributed by atoms with Gasteiger partial charge in [-0.3, -0.25) is 0 Å². The van der Waals surface area contributed by atoms with E-state index < -0.39 is 0 Å². The third kappa shape index (κ3) is 1.63. The van der Waals surface area contributed by atoms with E-state index in [1.54, 1.807) is 0 Å². The molecule has 0 N–H and O–H groups in total. The van der Waals surface area contributed by atoms with Crippen molar-refractivity contribution in [3.05, 3.63) is 24.6 Å². The van der Waals surface area contributed by atoms with Crippen molar-refractivity contribution in [2.45, 2.75) is 32.7 Å². The van der Waals surface area contributed by atoms with E-state index in [1.807, 2.05) is 0 Å². The monoisotopic (exact) mass is 137 g/mol. The quantitative estimate of drug-likeness (QED) is 0.496. The highest BCUT2D eigenvalue weighted by Crippen LogP contribution is 2.16. The molecule has 0 spiro atoms. The average molecular weight is 137 g/mol. The maximum absolute atomic E-state index is 2.22. The van der Waals surface area contributed by atoms with E-state index in [0.717, 1.165) is 6.42 Å². The fraction of sp³-hybridized carbons (Fsp3) is 0.556. The summed E-state index contributed by atoms with van der Waals surface area (Å²) in [5.41, 5.74) is 0.230. The maximum atomic E-state index is 2.22. The Morgan fingerprint density at radius 2 is 1.60 bits per heavy atom. The Hall–Kier alpha value is -0.720. The highest BCUT2D eigenvalue weighted by Gasteiger charge is 2.15. The van der Waals surface area contributed by atoms with Crippen LogP contribution in [0.2, 0.25) is 0 Å². The molecule has 0 aromatic rings. The van der Waals surface area contributed by atoms with Gasteiger partial charge in [-0.1, -0.05) is 12.2 Å². The first-order valence-electron chi connectivity index (χ1n) is 3.72. The van der Waals surface area contributed by atoms with Crippen molar-refractivity contribution in [3.8, 4) is 0 Å². The van der Waals surface area contributed by atoms with E-state index in [4.69, 9.17) is 0 Å². The summed E-state index contributed by atoms with van der Waals surface area (Å²) in [6, 6.07) is 0. The minimum Gasteiger partial charge on any atom is -0.350 e. The third-order valence-corrected chi connectivity index (χ3v) is 1.58. The number of nitrogens with zero attached hydrogens (tertiary/aromatic N) is 1. The number of hydrogen-bond donors (Lipinski definition) is 0. The Kier molecular flexibility index (Phi) is 1.84. The van der Waals surface area contributed by atoms with Crippen molar-refractivity contribution < 1.29 is 0 Å².